The van der Waals surface area contributed by atoms with Gasteiger partial charge in [-0.15, -0.1) is 0 Å². The number of aromatic nitrogens is 5. The first-order chi connectivity index (χ1) is 13.1. The van der Waals surface area contributed by atoms with Gasteiger partial charge < -0.3 is 14.4 Å². The summed E-state index contributed by atoms with van der Waals surface area (Å²) in [4.78, 5) is 33.9. The van der Waals surface area contributed by atoms with E-state index < -0.39 is 0 Å². The van der Waals surface area contributed by atoms with Crippen molar-refractivity contribution in [2.24, 2.45) is 5.92 Å². The van der Waals surface area contributed by atoms with Crippen molar-refractivity contribution in [2.75, 3.05) is 36.0 Å². The lowest BCUT2D eigenvalue weighted by molar-refractivity contribution is 0.524. The normalized spacial score (nSPS) is 14.9. The van der Waals surface area contributed by atoms with E-state index >= 15 is 0 Å². The molecule has 8 heteroatoms. The first-order valence-electron chi connectivity index (χ1n) is 9.24. The molecular formula is C19H23N7O. The lowest BCUT2D eigenvalue weighted by atomic mass is 10.2. The monoisotopic (exact) mass is 365 g/mol. The molecule has 0 aliphatic carbocycles. The van der Waals surface area contributed by atoms with E-state index in [4.69, 9.17) is 4.98 Å². The molecule has 0 spiro atoms. The van der Waals surface area contributed by atoms with Crippen LogP contribution in [0.4, 0.5) is 11.6 Å². The first-order valence-corrected chi connectivity index (χ1v) is 9.24. The van der Waals surface area contributed by atoms with Gasteiger partial charge in [-0.05, 0) is 18.1 Å². The Balaban J connectivity index is 1.58. The molecular weight excluding hydrogens is 342 g/mol. The van der Waals surface area contributed by atoms with E-state index in [2.05, 4.69) is 38.6 Å². The van der Waals surface area contributed by atoms with Crippen molar-refractivity contribution in [3.63, 3.8) is 0 Å². The van der Waals surface area contributed by atoms with Crippen LogP contribution in [0.25, 0.3) is 11.0 Å². The third-order valence-electron chi connectivity index (χ3n) is 4.72. The van der Waals surface area contributed by atoms with E-state index in [1.165, 1.54) is 0 Å². The standard InChI is InChI=1S/C19H23N7O/c1-14(2)12-26-13-22-19(27)15-3-4-16(23-18(15)26)24-7-9-25(10-8-24)17-11-20-5-6-21-17/h3-6,11,13-14H,7-10,12H2,1-2H3. The van der Waals surface area contributed by atoms with E-state index in [0.717, 1.165) is 44.4 Å². The quantitative estimate of drug-likeness (QED) is 0.694. The number of nitrogens with zero attached hydrogens (tertiary/aromatic N) is 7. The fourth-order valence-electron chi connectivity index (χ4n) is 3.39. The summed E-state index contributed by atoms with van der Waals surface area (Å²) in [5.74, 6) is 2.24. The lowest BCUT2D eigenvalue weighted by Crippen LogP contribution is -2.47. The Labute approximate surface area is 157 Å². The van der Waals surface area contributed by atoms with Crippen LogP contribution in [-0.2, 0) is 6.54 Å². The number of hydrogen-bond donors (Lipinski definition) is 0. The van der Waals surface area contributed by atoms with Gasteiger partial charge in [0.25, 0.3) is 5.56 Å². The largest absolute Gasteiger partial charge is 0.353 e. The third-order valence-corrected chi connectivity index (χ3v) is 4.72. The summed E-state index contributed by atoms with van der Waals surface area (Å²) in [7, 11) is 0. The molecule has 0 N–H and O–H groups in total. The fraction of sp³-hybridized carbons (Fsp3) is 0.421. The summed E-state index contributed by atoms with van der Waals surface area (Å²) in [6.45, 7) is 8.45. The molecule has 4 heterocycles. The second kappa shape index (κ2) is 7.30. The van der Waals surface area contributed by atoms with Crippen molar-refractivity contribution >= 4 is 22.7 Å². The van der Waals surface area contributed by atoms with Gasteiger partial charge in [0.05, 0.1) is 11.6 Å². The molecule has 0 aromatic carbocycles. The Kier molecular flexibility index (Phi) is 4.70. The van der Waals surface area contributed by atoms with E-state index in [9.17, 15) is 4.79 Å². The molecule has 4 rings (SSSR count). The van der Waals surface area contributed by atoms with Gasteiger partial charge in [0, 0.05) is 45.1 Å². The fourth-order valence-corrected chi connectivity index (χ4v) is 3.39. The molecule has 0 unspecified atom stereocenters. The van der Waals surface area contributed by atoms with Crippen LogP contribution in [0.5, 0.6) is 0 Å². The van der Waals surface area contributed by atoms with Crippen molar-refractivity contribution in [2.45, 2.75) is 20.4 Å². The van der Waals surface area contributed by atoms with E-state index in [1.54, 1.807) is 24.9 Å². The third kappa shape index (κ3) is 3.60. The van der Waals surface area contributed by atoms with Crippen molar-refractivity contribution in [3.8, 4) is 0 Å². The highest BCUT2D eigenvalue weighted by Crippen LogP contribution is 2.19. The van der Waals surface area contributed by atoms with Crippen LogP contribution in [0.3, 0.4) is 0 Å². The minimum Gasteiger partial charge on any atom is -0.353 e. The number of anilines is 2. The zero-order valence-corrected chi connectivity index (χ0v) is 15.6. The molecule has 0 bridgehead atoms. The van der Waals surface area contributed by atoms with Crippen LogP contribution in [0.15, 0.2) is 41.8 Å². The zero-order valence-electron chi connectivity index (χ0n) is 15.6. The van der Waals surface area contributed by atoms with Gasteiger partial charge in [0.2, 0.25) is 0 Å². The van der Waals surface area contributed by atoms with E-state index in [0.29, 0.717) is 17.0 Å². The van der Waals surface area contributed by atoms with Crippen LogP contribution in [0.2, 0.25) is 0 Å². The summed E-state index contributed by atoms with van der Waals surface area (Å²) in [6.07, 6.45) is 6.80. The Morgan fingerprint density at radius 2 is 1.74 bits per heavy atom. The summed E-state index contributed by atoms with van der Waals surface area (Å²) >= 11 is 0. The first kappa shape index (κ1) is 17.4. The van der Waals surface area contributed by atoms with Gasteiger partial charge >= 0.3 is 0 Å². The number of fused-ring (bicyclic) bond motifs is 1. The van der Waals surface area contributed by atoms with Crippen LogP contribution >= 0.6 is 0 Å². The smallest absolute Gasteiger partial charge is 0.282 e. The Morgan fingerprint density at radius 1 is 1.00 bits per heavy atom. The molecule has 1 aliphatic heterocycles. The maximum Gasteiger partial charge on any atom is 0.282 e. The van der Waals surface area contributed by atoms with Crippen molar-refractivity contribution < 1.29 is 0 Å². The Morgan fingerprint density at radius 3 is 2.41 bits per heavy atom. The van der Waals surface area contributed by atoms with Gasteiger partial charge in [-0.25, -0.2) is 9.97 Å². The number of piperazine rings is 1. The van der Waals surface area contributed by atoms with E-state index in [1.807, 2.05) is 16.7 Å². The average molecular weight is 365 g/mol. The number of pyridine rings is 1. The highest BCUT2D eigenvalue weighted by atomic mass is 16.1. The van der Waals surface area contributed by atoms with Crippen molar-refractivity contribution in [3.05, 3.63) is 47.4 Å². The second-order valence-corrected chi connectivity index (χ2v) is 7.17. The van der Waals surface area contributed by atoms with Crippen LogP contribution < -0.4 is 15.4 Å². The molecule has 1 saturated heterocycles. The molecule has 3 aromatic rings. The maximum absolute atomic E-state index is 12.1. The van der Waals surface area contributed by atoms with E-state index in [-0.39, 0.29) is 5.56 Å². The van der Waals surface area contributed by atoms with Gasteiger partial charge in [-0.2, -0.15) is 4.98 Å². The molecule has 27 heavy (non-hydrogen) atoms. The summed E-state index contributed by atoms with van der Waals surface area (Å²) < 4.78 is 1.97. The number of rotatable bonds is 4. The zero-order chi connectivity index (χ0) is 18.8. The minimum absolute atomic E-state index is 0.225. The van der Waals surface area contributed by atoms with Gasteiger partial charge in [-0.3, -0.25) is 9.78 Å². The molecule has 3 aromatic heterocycles. The minimum atomic E-state index is -0.225. The van der Waals surface area contributed by atoms with Gasteiger partial charge in [-0.1, -0.05) is 13.8 Å². The lowest BCUT2D eigenvalue weighted by Gasteiger charge is -2.35. The summed E-state index contributed by atoms with van der Waals surface area (Å²) in [6, 6.07) is 3.77. The highest BCUT2D eigenvalue weighted by molar-refractivity contribution is 5.76. The van der Waals surface area contributed by atoms with Crippen LogP contribution in [0, 0.1) is 5.92 Å². The molecule has 140 valence electrons. The molecule has 8 nitrogen and oxygen atoms in total. The van der Waals surface area contributed by atoms with Crippen molar-refractivity contribution in [1.82, 2.24) is 24.5 Å². The second-order valence-electron chi connectivity index (χ2n) is 7.17. The SMILES string of the molecule is CC(C)Cn1cnc(=O)c2ccc(N3CCN(c4cnccn4)CC3)nc21. The van der Waals surface area contributed by atoms with Gasteiger partial charge in [0.1, 0.15) is 23.6 Å². The topological polar surface area (TPSA) is 80.0 Å². The van der Waals surface area contributed by atoms with Gasteiger partial charge in [0.15, 0.2) is 0 Å². The summed E-state index contributed by atoms with van der Waals surface area (Å²) in [5, 5.41) is 0.570. The average Bonchev–Trinajstić information content (AvgIpc) is 2.70. The molecule has 0 radical (unpaired) electrons. The Hall–Kier alpha value is -3.03. The highest BCUT2D eigenvalue weighted by Gasteiger charge is 2.20. The molecule has 1 fully saturated rings. The van der Waals surface area contributed by atoms with Crippen LogP contribution in [0.1, 0.15) is 13.8 Å². The predicted molar refractivity (Wildman–Crippen MR) is 105 cm³/mol. The van der Waals surface area contributed by atoms with Crippen LogP contribution in [-0.4, -0.2) is 50.7 Å². The molecule has 0 saturated carbocycles. The molecule has 1 aliphatic rings. The predicted octanol–water partition coefficient (Wildman–Crippen LogP) is 1.56. The maximum atomic E-state index is 12.1. The summed E-state index contributed by atoms with van der Waals surface area (Å²) in [5.41, 5.74) is 0.481. The Bertz CT molecular complexity index is 978. The number of hydrogen-bond acceptors (Lipinski definition) is 7. The molecule has 0 atom stereocenters. The molecule has 0 amide bonds. The van der Waals surface area contributed by atoms with Crippen molar-refractivity contribution in [1.29, 1.82) is 0 Å².